The first-order valence-electron chi connectivity index (χ1n) is 5.75. The molecule has 1 aliphatic rings. The number of para-hydroxylation sites is 1. The zero-order valence-electron chi connectivity index (χ0n) is 9.68. The normalized spacial score (nSPS) is 18.9. The summed E-state index contributed by atoms with van der Waals surface area (Å²) >= 11 is 1.78. The summed E-state index contributed by atoms with van der Waals surface area (Å²) in [5.41, 5.74) is 2.53. The minimum Gasteiger partial charge on any atom is -0.344 e. The summed E-state index contributed by atoms with van der Waals surface area (Å²) in [7, 11) is 0. The Hall–Kier alpha value is -1.61. The quantitative estimate of drug-likeness (QED) is 0.806. The lowest BCUT2D eigenvalue weighted by Gasteiger charge is -2.09. The van der Waals surface area contributed by atoms with Gasteiger partial charge in [0.05, 0.1) is 11.9 Å². The summed E-state index contributed by atoms with van der Waals surface area (Å²) in [5, 5.41) is 5.48. The van der Waals surface area contributed by atoms with Crippen molar-refractivity contribution in [3.8, 4) is 0 Å². The fourth-order valence-corrected chi connectivity index (χ4v) is 2.94. The number of amidine groups is 1. The molecule has 17 heavy (non-hydrogen) atoms. The van der Waals surface area contributed by atoms with Crippen molar-refractivity contribution in [1.29, 1.82) is 0 Å². The van der Waals surface area contributed by atoms with Crippen LogP contribution in [0.3, 0.4) is 0 Å². The number of rotatable bonds is 1. The third kappa shape index (κ3) is 2.11. The maximum absolute atomic E-state index is 4.75. The van der Waals surface area contributed by atoms with E-state index in [0.717, 1.165) is 12.3 Å². The lowest BCUT2D eigenvalue weighted by molar-refractivity contribution is 0.745. The number of fused-ring (bicyclic) bond motifs is 1. The molecule has 3 rings (SSSR count). The summed E-state index contributed by atoms with van der Waals surface area (Å²) in [6, 6.07) is 13.0. The molecule has 2 aromatic rings. The lowest BCUT2D eigenvalue weighted by atomic mass is 10.0. The van der Waals surface area contributed by atoms with E-state index in [4.69, 9.17) is 4.99 Å². The minimum atomic E-state index is 0.256. The van der Waals surface area contributed by atoms with Crippen LogP contribution in [0.2, 0.25) is 0 Å². The largest absolute Gasteiger partial charge is 0.344 e. The molecular formula is C14H14N2S. The van der Waals surface area contributed by atoms with Gasteiger partial charge in [0, 0.05) is 17.0 Å². The molecule has 1 aliphatic heterocycles. The van der Waals surface area contributed by atoms with Crippen LogP contribution >= 0.6 is 11.3 Å². The van der Waals surface area contributed by atoms with Gasteiger partial charge in [-0.3, -0.25) is 4.99 Å². The van der Waals surface area contributed by atoms with E-state index in [9.17, 15) is 0 Å². The predicted octanol–water partition coefficient (Wildman–Crippen LogP) is 3.88. The molecular weight excluding hydrogens is 228 g/mol. The molecule has 3 heteroatoms. The molecule has 1 N–H and O–H groups in total. The van der Waals surface area contributed by atoms with Crippen molar-refractivity contribution in [2.45, 2.75) is 19.4 Å². The summed E-state index contributed by atoms with van der Waals surface area (Å²) in [6.45, 7) is 2.03. The molecule has 0 fully saturated rings. The first-order chi connectivity index (χ1) is 8.33. The van der Waals surface area contributed by atoms with Gasteiger partial charge in [0.1, 0.15) is 0 Å². The molecule has 0 aliphatic carbocycles. The Kier molecular flexibility index (Phi) is 2.69. The van der Waals surface area contributed by atoms with Crippen LogP contribution in [0.15, 0.2) is 46.8 Å². The summed E-state index contributed by atoms with van der Waals surface area (Å²) in [5.74, 6) is 0.994. The van der Waals surface area contributed by atoms with Crippen LogP contribution in [0.25, 0.3) is 0 Å². The first kappa shape index (κ1) is 10.5. The molecule has 0 spiro atoms. The van der Waals surface area contributed by atoms with Crippen molar-refractivity contribution in [1.82, 2.24) is 0 Å². The van der Waals surface area contributed by atoms with Gasteiger partial charge in [0.25, 0.3) is 0 Å². The highest BCUT2D eigenvalue weighted by Gasteiger charge is 2.17. The Balaban J connectivity index is 2.01. The molecule has 0 bridgehead atoms. The average Bonchev–Trinajstić information content (AvgIpc) is 2.79. The van der Waals surface area contributed by atoms with Crippen LogP contribution in [0, 0.1) is 0 Å². The summed E-state index contributed by atoms with van der Waals surface area (Å²) in [4.78, 5) is 6.09. The van der Waals surface area contributed by atoms with Crippen molar-refractivity contribution in [2.75, 3.05) is 5.32 Å². The fourth-order valence-electron chi connectivity index (χ4n) is 2.18. The van der Waals surface area contributed by atoms with Gasteiger partial charge in [-0.05, 0) is 30.0 Å². The zero-order valence-corrected chi connectivity index (χ0v) is 10.5. The van der Waals surface area contributed by atoms with Gasteiger partial charge in [0.15, 0.2) is 0 Å². The monoisotopic (exact) mass is 242 g/mol. The van der Waals surface area contributed by atoms with E-state index in [1.807, 2.05) is 6.92 Å². The third-order valence-corrected chi connectivity index (χ3v) is 3.94. The maximum Gasteiger partial charge on any atom is 0.0983 e. The van der Waals surface area contributed by atoms with E-state index in [-0.39, 0.29) is 6.04 Å². The van der Waals surface area contributed by atoms with Gasteiger partial charge in [0.2, 0.25) is 0 Å². The first-order valence-corrected chi connectivity index (χ1v) is 6.63. The number of hydrogen-bond donors (Lipinski definition) is 1. The molecule has 0 amide bonds. The maximum atomic E-state index is 4.75. The van der Waals surface area contributed by atoms with Gasteiger partial charge in [-0.2, -0.15) is 0 Å². The van der Waals surface area contributed by atoms with E-state index in [2.05, 4.69) is 47.1 Å². The van der Waals surface area contributed by atoms with Crippen LogP contribution < -0.4 is 5.32 Å². The Morgan fingerprint density at radius 2 is 2.12 bits per heavy atom. The lowest BCUT2D eigenvalue weighted by Crippen LogP contribution is -2.06. The predicted molar refractivity (Wildman–Crippen MR) is 73.9 cm³/mol. The Labute approximate surface area is 105 Å². The van der Waals surface area contributed by atoms with Gasteiger partial charge in [-0.25, -0.2) is 0 Å². The number of nitrogens with one attached hydrogen (secondary N) is 1. The van der Waals surface area contributed by atoms with Crippen LogP contribution in [0.4, 0.5) is 5.69 Å². The van der Waals surface area contributed by atoms with Crippen LogP contribution in [0.5, 0.6) is 0 Å². The number of nitrogens with zero attached hydrogens (tertiary/aromatic N) is 1. The Morgan fingerprint density at radius 3 is 2.94 bits per heavy atom. The molecule has 1 atom stereocenters. The molecule has 2 nitrogen and oxygen atoms in total. The van der Waals surface area contributed by atoms with E-state index >= 15 is 0 Å². The second-order valence-corrected chi connectivity index (χ2v) is 5.21. The van der Waals surface area contributed by atoms with Gasteiger partial charge in [-0.1, -0.05) is 24.3 Å². The summed E-state index contributed by atoms with van der Waals surface area (Å²) < 4.78 is 0. The molecule has 2 heterocycles. The number of thiophene rings is 1. The third-order valence-electron chi connectivity index (χ3n) is 2.97. The second-order valence-electron chi connectivity index (χ2n) is 4.23. The van der Waals surface area contributed by atoms with E-state index in [1.54, 1.807) is 11.3 Å². The van der Waals surface area contributed by atoms with E-state index < -0.39 is 0 Å². The van der Waals surface area contributed by atoms with Crippen LogP contribution in [-0.4, -0.2) is 5.84 Å². The molecule has 0 saturated carbocycles. The van der Waals surface area contributed by atoms with Gasteiger partial charge < -0.3 is 5.32 Å². The molecule has 1 unspecified atom stereocenters. The molecule has 86 valence electrons. The molecule has 0 saturated heterocycles. The van der Waals surface area contributed by atoms with Crippen molar-refractivity contribution in [3.05, 3.63) is 52.2 Å². The molecule has 1 aromatic heterocycles. The van der Waals surface area contributed by atoms with Crippen LogP contribution in [0.1, 0.15) is 23.4 Å². The average molecular weight is 242 g/mol. The Morgan fingerprint density at radius 1 is 1.24 bits per heavy atom. The van der Waals surface area contributed by atoms with Gasteiger partial charge in [-0.15, -0.1) is 11.3 Å². The Bertz CT molecular complexity index is 543. The SMILES string of the molecule is CC1=NC(c2cccs2)Cc2ccccc2N1. The van der Waals surface area contributed by atoms with Crippen molar-refractivity contribution in [2.24, 2.45) is 4.99 Å². The van der Waals surface area contributed by atoms with Crippen molar-refractivity contribution < 1.29 is 0 Å². The summed E-state index contributed by atoms with van der Waals surface area (Å²) in [6.07, 6.45) is 0.973. The highest BCUT2D eigenvalue weighted by atomic mass is 32.1. The topological polar surface area (TPSA) is 24.4 Å². The number of benzene rings is 1. The smallest absolute Gasteiger partial charge is 0.0983 e. The molecule has 1 aromatic carbocycles. The van der Waals surface area contributed by atoms with Crippen molar-refractivity contribution in [3.63, 3.8) is 0 Å². The molecule has 0 radical (unpaired) electrons. The van der Waals surface area contributed by atoms with E-state index in [1.165, 1.54) is 16.1 Å². The highest BCUT2D eigenvalue weighted by molar-refractivity contribution is 7.10. The minimum absolute atomic E-state index is 0.256. The second kappa shape index (κ2) is 4.34. The zero-order chi connectivity index (χ0) is 11.7. The number of hydrogen-bond acceptors (Lipinski definition) is 3. The number of anilines is 1. The van der Waals surface area contributed by atoms with E-state index in [0.29, 0.717) is 0 Å². The fraction of sp³-hybridized carbons (Fsp3) is 0.214. The van der Waals surface area contributed by atoms with Crippen molar-refractivity contribution >= 4 is 22.9 Å². The standard InChI is InChI=1S/C14H14N2S/c1-10-15-12-6-3-2-5-11(12)9-13(16-10)14-7-4-8-17-14/h2-8,13H,9H2,1H3,(H,15,16). The van der Waals surface area contributed by atoms with Gasteiger partial charge >= 0.3 is 0 Å². The highest BCUT2D eigenvalue weighted by Crippen LogP contribution is 2.31. The number of aliphatic imine (C=N–C) groups is 1. The van der Waals surface area contributed by atoms with Crippen LogP contribution in [-0.2, 0) is 6.42 Å².